The third-order valence-corrected chi connectivity index (χ3v) is 3.32. The van der Waals surface area contributed by atoms with Crippen molar-refractivity contribution in [1.82, 2.24) is 16.2 Å². The molecule has 0 aliphatic carbocycles. The Labute approximate surface area is 150 Å². The second kappa shape index (κ2) is 7.90. The van der Waals surface area contributed by atoms with Gasteiger partial charge in [0.15, 0.2) is 16.6 Å². The smallest absolute Gasteiger partial charge is 0.277 e. The van der Waals surface area contributed by atoms with Gasteiger partial charge in [0.25, 0.3) is 5.91 Å². The van der Waals surface area contributed by atoms with E-state index in [9.17, 15) is 4.79 Å². The lowest BCUT2D eigenvalue weighted by molar-refractivity contribution is 0.0937. The number of amides is 1. The van der Waals surface area contributed by atoms with Crippen molar-refractivity contribution in [3.8, 4) is 11.5 Å². The molecule has 0 aromatic heterocycles. The Hall–Kier alpha value is -1.44. The number of hydrazine groups is 1. The summed E-state index contributed by atoms with van der Waals surface area (Å²) in [5.41, 5.74) is 4.88. The normalized spacial score (nSPS) is 10.7. The molecule has 0 spiro atoms. The van der Waals surface area contributed by atoms with Crippen LogP contribution in [-0.2, 0) is 0 Å². The van der Waals surface area contributed by atoms with Gasteiger partial charge in [-0.15, -0.1) is 0 Å². The second-order valence-electron chi connectivity index (χ2n) is 5.56. The minimum absolute atomic E-state index is 0.0681. The van der Waals surface area contributed by atoms with Crippen molar-refractivity contribution in [2.75, 3.05) is 14.2 Å². The molecule has 0 aliphatic heterocycles. The van der Waals surface area contributed by atoms with Gasteiger partial charge in [-0.3, -0.25) is 15.6 Å². The molecule has 0 saturated carbocycles. The largest absolute Gasteiger partial charge is 0.494 e. The molecule has 0 aliphatic rings. The third-order valence-electron chi connectivity index (χ3n) is 2.55. The van der Waals surface area contributed by atoms with Crippen LogP contribution in [0.4, 0.5) is 0 Å². The zero-order valence-corrected chi connectivity index (χ0v) is 15.8. The van der Waals surface area contributed by atoms with Gasteiger partial charge >= 0.3 is 0 Å². The first-order valence-corrected chi connectivity index (χ1v) is 7.75. The number of benzene rings is 1. The van der Waals surface area contributed by atoms with Crippen LogP contribution >= 0.6 is 35.4 Å². The fraction of sp³-hybridized carbons (Fsp3) is 0.429. The molecule has 1 aromatic rings. The quantitative estimate of drug-likeness (QED) is 0.553. The predicted molar refractivity (Wildman–Crippen MR) is 95.7 cm³/mol. The lowest BCUT2D eigenvalue weighted by Crippen LogP contribution is -2.52. The molecule has 1 amide bonds. The Morgan fingerprint density at radius 2 is 1.57 bits per heavy atom. The maximum atomic E-state index is 12.4. The van der Waals surface area contributed by atoms with E-state index in [0.29, 0.717) is 0 Å². The molecular weight excluding hydrogens is 361 g/mol. The highest BCUT2D eigenvalue weighted by Gasteiger charge is 2.24. The van der Waals surface area contributed by atoms with E-state index < -0.39 is 5.91 Å². The van der Waals surface area contributed by atoms with Crippen LogP contribution in [0.25, 0.3) is 0 Å². The number of carbonyl (C=O) groups excluding carboxylic acids is 1. The topological polar surface area (TPSA) is 71.6 Å². The molecule has 9 heteroatoms. The van der Waals surface area contributed by atoms with Crippen LogP contribution in [0.1, 0.15) is 31.1 Å². The SMILES string of the molecule is COc1c(Cl)cc(Cl)c(OC)c1C(=O)NNC(=S)NC(C)(C)C. The van der Waals surface area contributed by atoms with Crippen LogP contribution in [0.3, 0.4) is 0 Å². The number of methoxy groups -OCH3 is 2. The van der Waals surface area contributed by atoms with Gasteiger partial charge < -0.3 is 14.8 Å². The fourth-order valence-corrected chi connectivity index (χ4v) is 2.71. The van der Waals surface area contributed by atoms with Crippen molar-refractivity contribution in [3.05, 3.63) is 21.7 Å². The number of nitrogens with one attached hydrogen (secondary N) is 3. The van der Waals surface area contributed by atoms with E-state index in [2.05, 4.69) is 16.2 Å². The summed E-state index contributed by atoms with van der Waals surface area (Å²) in [6.07, 6.45) is 0. The average molecular weight is 380 g/mol. The van der Waals surface area contributed by atoms with Gasteiger partial charge in [-0.1, -0.05) is 23.2 Å². The van der Waals surface area contributed by atoms with Crippen LogP contribution in [0, 0.1) is 0 Å². The molecule has 128 valence electrons. The second-order valence-corrected chi connectivity index (χ2v) is 6.79. The van der Waals surface area contributed by atoms with Crippen molar-refractivity contribution < 1.29 is 14.3 Å². The summed E-state index contributed by atoms with van der Waals surface area (Å²) in [6.45, 7) is 5.81. The maximum absolute atomic E-state index is 12.4. The lowest BCUT2D eigenvalue weighted by Gasteiger charge is -2.23. The molecule has 6 nitrogen and oxygen atoms in total. The van der Waals surface area contributed by atoms with Crippen molar-refractivity contribution in [2.24, 2.45) is 0 Å². The summed E-state index contributed by atoms with van der Waals surface area (Å²) in [5, 5.41) is 3.64. The van der Waals surface area contributed by atoms with Crippen LogP contribution in [-0.4, -0.2) is 30.8 Å². The molecule has 0 fully saturated rings. The number of halogens is 2. The fourth-order valence-electron chi connectivity index (χ4n) is 1.74. The zero-order valence-electron chi connectivity index (χ0n) is 13.5. The van der Waals surface area contributed by atoms with E-state index >= 15 is 0 Å². The summed E-state index contributed by atoms with van der Waals surface area (Å²) in [7, 11) is 2.79. The Kier molecular flexibility index (Phi) is 6.73. The summed E-state index contributed by atoms with van der Waals surface area (Å²) < 4.78 is 10.3. The lowest BCUT2D eigenvalue weighted by atomic mass is 10.1. The number of carbonyl (C=O) groups is 1. The van der Waals surface area contributed by atoms with E-state index in [0.717, 1.165) is 0 Å². The molecule has 0 bridgehead atoms. The van der Waals surface area contributed by atoms with Crippen molar-refractivity contribution in [2.45, 2.75) is 26.3 Å². The molecule has 0 radical (unpaired) electrons. The Balaban J connectivity index is 3.02. The van der Waals surface area contributed by atoms with Gasteiger partial charge in [-0.25, -0.2) is 0 Å². The van der Waals surface area contributed by atoms with E-state index in [-0.39, 0.29) is 37.8 Å². The van der Waals surface area contributed by atoms with E-state index in [1.165, 1.54) is 20.3 Å². The molecule has 3 N–H and O–H groups in total. The highest BCUT2D eigenvalue weighted by Crippen LogP contribution is 2.40. The van der Waals surface area contributed by atoms with Gasteiger partial charge in [0.2, 0.25) is 0 Å². The first-order valence-electron chi connectivity index (χ1n) is 6.59. The average Bonchev–Trinajstić information content (AvgIpc) is 2.42. The molecule has 0 heterocycles. The van der Waals surface area contributed by atoms with E-state index in [1.54, 1.807) is 0 Å². The summed E-state index contributed by atoms with van der Waals surface area (Å²) in [5.74, 6) is -0.245. The number of hydrogen-bond donors (Lipinski definition) is 3. The number of ether oxygens (including phenoxy) is 2. The Morgan fingerprint density at radius 3 is 1.96 bits per heavy atom. The Bertz CT molecular complexity index is 590. The van der Waals surface area contributed by atoms with Crippen molar-refractivity contribution in [1.29, 1.82) is 0 Å². The minimum atomic E-state index is -0.554. The van der Waals surface area contributed by atoms with Gasteiger partial charge in [-0.2, -0.15) is 0 Å². The minimum Gasteiger partial charge on any atom is -0.494 e. The van der Waals surface area contributed by atoms with Crippen LogP contribution in [0.2, 0.25) is 10.0 Å². The van der Waals surface area contributed by atoms with Gasteiger partial charge in [0.1, 0.15) is 5.56 Å². The molecular formula is C14H19Cl2N3O3S. The van der Waals surface area contributed by atoms with Crippen molar-refractivity contribution >= 4 is 46.4 Å². The zero-order chi connectivity index (χ0) is 17.8. The molecule has 0 saturated heterocycles. The number of rotatable bonds is 3. The molecule has 23 heavy (non-hydrogen) atoms. The highest BCUT2D eigenvalue weighted by molar-refractivity contribution is 7.80. The van der Waals surface area contributed by atoms with Crippen LogP contribution in [0.5, 0.6) is 11.5 Å². The number of thiocarbonyl (C=S) groups is 1. The van der Waals surface area contributed by atoms with Crippen LogP contribution < -0.4 is 25.6 Å². The van der Waals surface area contributed by atoms with Crippen molar-refractivity contribution in [3.63, 3.8) is 0 Å². The summed E-state index contributed by atoms with van der Waals surface area (Å²) in [6, 6.07) is 1.44. The maximum Gasteiger partial charge on any atom is 0.277 e. The van der Waals surface area contributed by atoms with Gasteiger partial charge in [0, 0.05) is 5.54 Å². The van der Waals surface area contributed by atoms with Gasteiger partial charge in [0.05, 0.1) is 24.3 Å². The first kappa shape index (κ1) is 19.6. The number of hydrogen-bond acceptors (Lipinski definition) is 4. The third kappa shape index (κ3) is 5.30. The van der Waals surface area contributed by atoms with E-state index in [1.807, 2.05) is 20.8 Å². The molecule has 0 unspecified atom stereocenters. The summed E-state index contributed by atoms with van der Waals surface area (Å²) in [4.78, 5) is 12.4. The molecule has 0 atom stereocenters. The highest BCUT2D eigenvalue weighted by atomic mass is 35.5. The summed E-state index contributed by atoms with van der Waals surface area (Å²) >= 11 is 17.2. The standard InChI is InChI=1S/C14H19Cl2N3O3S/c1-14(2,3)17-13(23)19-18-12(20)9-10(21-4)7(15)6-8(16)11(9)22-5/h6H,1-5H3,(H,18,20)(H2,17,19,23). The Morgan fingerprint density at radius 1 is 1.09 bits per heavy atom. The first-order chi connectivity index (χ1) is 10.6. The van der Waals surface area contributed by atoms with Gasteiger partial charge in [-0.05, 0) is 39.1 Å². The van der Waals surface area contributed by atoms with Crippen LogP contribution in [0.15, 0.2) is 6.07 Å². The van der Waals surface area contributed by atoms with E-state index in [4.69, 9.17) is 44.9 Å². The monoisotopic (exact) mass is 379 g/mol. The predicted octanol–water partition coefficient (Wildman–Crippen LogP) is 2.92. The molecule has 1 rings (SSSR count). The molecule has 1 aromatic carbocycles.